The van der Waals surface area contributed by atoms with Gasteiger partial charge in [-0.25, -0.2) is 4.98 Å². The number of para-hydroxylation sites is 3. The third-order valence-electron chi connectivity index (χ3n) is 9.56. The van der Waals surface area contributed by atoms with Gasteiger partial charge in [0.25, 0.3) is 0 Å². The number of benzene rings is 7. The van der Waals surface area contributed by atoms with Crippen LogP contribution in [0.3, 0.4) is 0 Å². The highest BCUT2D eigenvalue weighted by atomic mass is 15.2. The van der Waals surface area contributed by atoms with Gasteiger partial charge in [-0.15, -0.1) is 0 Å². The minimum atomic E-state index is 0.576. The van der Waals surface area contributed by atoms with Crippen molar-refractivity contribution in [3.63, 3.8) is 0 Å². The number of aromatic nitrogens is 5. The molecular weight excluding hydrogens is 611 g/mol. The van der Waals surface area contributed by atoms with Gasteiger partial charge < -0.3 is 4.57 Å². The van der Waals surface area contributed by atoms with Crippen molar-refractivity contribution < 1.29 is 0 Å². The predicted molar refractivity (Wildman–Crippen MR) is 205 cm³/mol. The smallest absolute Gasteiger partial charge is 0.238 e. The van der Waals surface area contributed by atoms with Crippen LogP contribution in [0.15, 0.2) is 176 Å². The Labute approximate surface area is 288 Å². The molecule has 7 aromatic carbocycles. The molecule has 0 aliphatic carbocycles. The molecule has 3 aromatic heterocycles. The van der Waals surface area contributed by atoms with E-state index >= 15 is 0 Å². The van der Waals surface area contributed by atoms with E-state index in [9.17, 15) is 0 Å². The van der Waals surface area contributed by atoms with Gasteiger partial charge in [-0.1, -0.05) is 133 Å². The number of fused-ring (bicyclic) bond motifs is 6. The molecule has 0 saturated heterocycles. The van der Waals surface area contributed by atoms with E-state index in [1.54, 1.807) is 0 Å². The molecular formula is C45H29N5. The van der Waals surface area contributed by atoms with Crippen LogP contribution in [-0.2, 0) is 0 Å². The summed E-state index contributed by atoms with van der Waals surface area (Å²) in [7, 11) is 0. The van der Waals surface area contributed by atoms with Gasteiger partial charge in [0.1, 0.15) is 0 Å². The molecule has 5 nitrogen and oxygen atoms in total. The van der Waals surface area contributed by atoms with Crippen LogP contribution in [0.25, 0.3) is 89.2 Å². The highest BCUT2D eigenvalue weighted by Gasteiger charge is 2.21. The second kappa shape index (κ2) is 11.4. The Bertz CT molecular complexity index is 2850. The molecule has 5 heteroatoms. The van der Waals surface area contributed by atoms with Crippen LogP contribution in [-0.4, -0.2) is 24.1 Å². The number of hydrogen-bond acceptors (Lipinski definition) is 3. The first-order chi connectivity index (χ1) is 24.8. The number of hydrogen-bond donors (Lipinski definition) is 0. The van der Waals surface area contributed by atoms with Crippen LogP contribution >= 0.6 is 0 Å². The SMILES string of the molecule is c1ccc(-c2cccc(-c3nc(-c4ccccc4)nc(-n4c5ccccc5c5cc6c7ccccc7n(-c7ccccc7)c6cc54)n3)c2)cc1. The monoisotopic (exact) mass is 639 g/mol. The number of nitrogens with zero attached hydrogens (tertiary/aromatic N) is 5. The second-order valence-corrected chi connectivity index (χ2v) is 12.5. The summed E-state index contributed by atoms with van der Waals surface area (Å²) in [5.74, 6) is 1.82. The zero-order valence-corrected chi connectivity index (χ0v) is 27.0. The lowest BCUT2D eigenvalue weighted by Gasteiger charge is -2.12. The van der Waals surface area contributed by atoms with E-state index < -0.39 is 0 Å². The maximum absolute atomic E-state index is 5.24. The van der Waals surface area contributed by atoms with Gasteiger partial charge in [-0.2, -0.15) is 9.97 Å². The van der Waals surface area contributed by atoms with Gasteiger partial charge in [0.2, 0.25) is 5.95 Å². The van der Waals surface area contributed by atoms with Crippen molar-refractivity contribution in [2.75, 3.05) is 0 Å². The zero-order valence-electron chi connectivity index (χ0n) is 27.0. The van der Waals surface area contributed by atoms with Crippen LogP contribution < -0.4 is 0 Å². The standard InChI is InChI=1S/C45H29N5/c1-4-15-30(16-5-1)32-19-14-20-33(27-32)44-46-43(31-17-6-2-7-18-31)47-45(48-44)50-40-26-13-11-24-36(40)38-28-37-35-23-10-12-25-39(35)49(41(37)29-42(38)50)34-21-8-3-9-22-34/h1-29H. The largest absolute Gasteiger partial charge is 0.309 e. The molecule has 0 unspecified atom stereocenters. The minimum absolute atomic E-state index is 0.576. The van der Waals surface area contributed by atoms with Crippen LogP contribution in [0.1, 0.15) is 0 Å². The molecule has 0 atom stereocenters. The van der Waals surface area contributed by atoms with E-state index in [1.165, 1.54) is 16.3 Å². The molecule has 0 N–H and O–H groups in total. The molecule has 0 amide bonds. The lowest BCUT2D eigenvalue weighted by Crippen LogP contribution is -2.06. The van der Waals surface area contributed by atoms with Gasteiger partial charge in [0.05, 0.1) is 22.1 Å². The average molecular weight is 640 g/mol. The first kappa shape index (κ1) is 28.2. The molecule has 234 valence electrons. The maximum atomic E-state index is 5.24. The Morgan fingerprint density at radius 3 is 1.48 bits per heavy atom. The fourth-order valence-corrected chi connectivity index (χ4v) is 7.28. The fourth-order valence-electron chi connectivity index (χ4n) is 7.28. The van der Waals surface area contributed by atoms with E-state index in [2.05, 4.69) is 161 Å². The highest BCUT2D eigenvalue weighted by Crippen LogP contribution is 2.39. The first-order valence-electron chi connectivity index (χ1n) is 16.8. The van der Waals surface area contributed by atoms with Crippen molar-refractivity contribution in [3.8, 4) is 45.5 Å². The van der Waals surface area contributed by atoms with E-state index in [4.69, 9.17) is 15.0 Å². The molecule has 50 heavy (non-hydrogen) atoms. The first-order valence-corrected chi connectivity index (χ1v) is 16.8. The molecule has 0 aliphatic rings. The molecule has 3 heterocycles. The Kier molecular flexibility index (Phi) is 6.42. The summed E-state index contributed by atoms with van der Waals surface area (Å²) in [6.45, 7) is 0. The Morgan fingerprint density at radius 1 is 0.300 bits per heavy atom. The number of rotatable bonds is 5. The van der Waals surface area contributed by atoms with Crippen molar-refractivity contribution in [2.45, 2.75) is 0 Å². The summed E-state index contributed by atoms with van der Waals surface area (Å²) >= 11 is 0. The summed E-state index contributed by atoms with van der Waals surface area (Å²) in [6.07, 6.45) is 0. The fraction of sp³-hybridized carbons (Fsp3) is 0. The normalized spacial score (nSPS) is 11.6. The van der Waals surface area contributed by atoms with Crippen molar-refractivity contribution >= 4 is 43.6 Å². The summed E-state index contributed by atoms with van der Waals surface area (Å²) < 4.78 is 4.56. The topological polar surface area (TPSA) is 48.5 Å². The lowest BCUT2D eigenvalue weighted by atomic mass is 10.0. The van der Waals surface area contributed by atoms with Gasteiger partial charge >= 0.3 is 0 Å². The molecule has 0 spiro atoms. The van der Waals surface area contributed by atoms with E-state index in [0.717, 1.165) is 55.3 Å². The molecule has 0 saturated carbocycles. The Morgan fingerprint density at radius 2 is 0.800 bits per heavy atom. The molecule has 0 bridgehead atoms. The summed E-state index contributed by atoms with van der Waals surface area (Å²) in [5.41, 5.74) is 9.61. The highest BCUT2D eigenvalue weighted by molar-refractivity contribution is 6.19. The summed E-state index contributed by atoms with van der Waals surface area (Å²) in [6, 6.07) is 61.4. The van der Waals surface area contributed by atoms with Crippen molar-refractivity contribution in [1.82, 2.24) is 24.1 Å². The van der Waals surface area contributed by atoms with E-state index in [0.29, 0.717) is 17.6 Å². The molecule has 0 fully saturated rings. The predicted octanol–water partition coefficient (Wildman–Crippen LogP) is 11.1. The maximum Gasteiger partial charge on any atom is 0.238 e. The van der Waals surface area contributed by atoms with E-state index in [-0.39, 0.29) is 0 Å². The Balaban J connectivity index is 1.28. The van der Waals surface area contributed by atoms with E-state index in [1.807, 2.05) is 24.3 Å². The molecule has 0 radical (unpaired) electrons. The quantitative estimate of drug-likeness (QED) is 0.188. The van der Waals surface area contributed by atoms with Crippen LogP contribution in [0.2, 0.25) is 0 Å². The van der Waals surface area contributed by atoms with Crippen molar-refractivity contribution in [2.24, 2.45) is 0 Å². The lowest BCUT2D eigenvalue weighted by molar-refractivity contribution is 0.953. The van der Waals surface area contributed by atoms with Crippen molar-refractivity contribution in [1.29, 1.82) is 0 Å². The molecule has 10 rings (SSSR count). The zero-order chi connectivity index (χ0) is 33.0. The second-order valence-electron chi connectivity index (χ2n) is 12.5. The third-order valence-corrected chi connectivity index (χ3v) is 9.56. The molecule has 0 aliphatic heterocycles. The van der Waals surface area contributed by atoms with Crippen LogP contribution in [0.4, 0.5) is 0 Å². The minimum Gasteiger partial charge on any atom is -0.309 e. The summed E-state index contributed by atoms with van der Waals surface area (Å²) in [5, 5.41) is 4.73. The van der Waals surface area contributed by atoms with Gasteiger partial charge in [0, 0.05) is 38.4 Å². The Hall–Kier alpha value is -6.85. The average Bonchev–Trinajstić information content (AvgIpc) is 3.70. The van der Waals surface area contributed by atoms with Gasteiger partial charge in [-0.3, -0.25) is 4.57 Å². The van der Waals surface area contributed by atoms with Crippen LogP contribution in [0.5, 0.6) is 0 Å². The van der Waals surface area contributed by atoms with Gasteiger partial charge in [-0.05, 0) is 53.6 Å². The van der Waals surface area contributed by atoms with Gasteiger partial charge in [0.15, 0.2) is 11.6 Å². The summed E-state index contributed by atoms with van der Waals surface area (Å²) in [4.78, 5) is 15.5. The molecule has 10 aromatic rings. The van der Waals surface area contributed by atoms with Crippen LogP contribution in [0, 0.1) is 0 Å². The van der Waals surface area contributed by atoms with Crippen molar-refractivity contribution in [3.05, 3.63) is 176 Å². The third kappa shape index (κ3) is 4.52.